The first-order chi connectivity index (χ1) is 32.4. The molecule has 0 aromatic heterocycles. The van der Waals surface area contributed by atoms with Gasteiger partial charge in [0.15, 0.2) is 17.3 Å². The molecule has 14 nitrogen and oxygen atoms in total. The summed E-state index contributed by atoms with van der Waals surface area (Å²) in [4.78, 5) is 88.4. The fourth-order valence-corrected chi connectivity index (χ4v) is 9.09. The van der Waals surface area contributed by atoms with Gasteiger partial charge in [-0.2, -0.15) is 0 Å². The van der Waals surface area contributed by atoms with Crippen LogP contribution in [0, 0.1) is 23.7 Å². The fourth-order valence-electron chi connectivity index (χ4n) is 9.09. The van der Waals surface area contributed by atoms with Crippen LogP contribution in [-0.2, 0) is 62.5 Å². The second-order valence-electron chi connectivity index (χ2n) is 19.8. The maximum atomic E-state index is 14.6. The van der Waals surface area contributed by atoms with Gasteiger partial charge in [0.25, 0.3) is 0 Å². The Morgan fingerprint density at radius 3 is 1.94 bits per heavy atom. The van der Waals surface area contributed by atoms with Gasteiger partial charge in [0.1, 0.15) is 44.6 Å². The molecule has 0 saturated carbocycles. The summed E-state index contributed by atoms with van der Waals surface area (Å²) in [7, 11) is 1.44. The number of ketones is 3. The predicted molar refractivity (Wildman–Crippen MR) is 260 cm³/mol. The van der Waals surface area contributed by atoms with Crippen molar-refractivity contribution in [2.45, 2.75) is 118 Å². The van der Waals surface area contributed by atoms with Gasteiger partial charge in [-0.25, -0.2) is 0 Å². The molecule has 0 aliphatic carbocycles. The maximum Gasteiger partial charge on any atom is 0.308 e. The van der Waals surface area contributed by atoms with Crippen LogP contribution >= 0.6 is 0 Å². The van der Waals surface area contributed by atoms with E-state index in [1.807, 2.05) is 100 Å². The number of amides is 2. The molecule has 2 heterocycles. The summed E-state index contributed by atoms with van der Waals surface area (Å²) in [6.07, 6.45) is 1.74. The van der Waals surface area contributed by atoms with Crippen molar-refractivity contribution in [3.05, 3.63) is 101 Å². The van der Waals surface area contributed by atoms with Crippen LogP contribution in [-0.4, -0.2) is 110 Å². The van der Waals surface area contributed by atoms with Gasteiger partial charge in [-0.05, 0) is 87.1 Å². The Bertz CT molecular complexity index is 2220. The van der Waals surface area contributed by atoms with Crippen LogP contribution in [0.3, 0.4) is 0 Å². The lowest BCUT2D eigenvalue weighted by Gasteiger charge is -2.41. The number of benzene rings is 3. The Kier molecular flexibility index (Phi) is 19.8. The highest BCUT2D eigenvalue weighted by molar-refractivity contribution is 6.01. The molecule has 2 aliphatic rings. The van der Waals surface area contributed by atoms with Crippen LogP contribution in [0.4, 0.5) is 0 Å². The lowest BCUT2D eigenvalue weighted by Crippen LogP contribution is -2.57. The first-order valence-electron chi connectivity index (χ1n) is 24.1. The number of oxime groups is 1. The number of hydrogen-bond acceptors (Lipinski definition) is 11. The van der Waals surface area contributed by atoms with Crippen molar-refractivity contribution in [3.8, 4) is 5.75 Å². The quantitative estimate of drug-likeness (QED) is 0.0207. The summed E-state index contributed by atoms with van der Waals surface area (Å²) in [6, 6.07) is 23.1. The minimum absolute atomic E-state index is 0.0150. The van der Waals surface area contributed by atoms with Crippen molar-refractivity contribution in [1.82, 2.24) is 10.6 Å². The molecule has 368 valence electrons. The first-order valence-corrected chi connectivity index (χ1v) is 24.1. The zero-order valence-electron chi connectivity index (χ0n) is 41.3. The number of quaternary nitrogens is 1. The van der Waals surface area contributed by atoms with Crippen LogP contribution in [0.5, 0.6) is 5.75 Å². The fraction of sp³-hybridized carbons (Fsp3) is 0.537. The highest BCUT2D eigenvalue weighted by Gasteiger charge is 2.50. The normalized spacial score (nSPS) is 18.5. The van der Waals surface area contributed by atoms with E-state index in [2.05, 4.69) is 15.8 Å². The number of ether oxygens (including phenoxy) is 3. The monoisotopic (exact) mass is 938 g/mol. The van der Waals surface area contributed by atoms with Gasteiger partial charge >= 0.3 is 5.97 Å². The van der Waals surface area contributed by atoms with Gasteiger partial charge in [-0.1, -0.05) is 93.5 Å². The smallest absolute Gasteiger partial charge is 0.308 e. The van der Waals surface area contributed by atoms with E-state index in [0.717, 1.165) is 16.7 Å². The lowest BCUT2D eigenvalue weighted by molar-refractivity contribution is -0.940. The third kappa shape index (κ3) is 16.3. The van der Waals surface area contributed by atoms with Crippen LogP contribution in [0.1, 0.15) is 103 Å². The van der Waals surface area contributed by atoms with E-state index in [9.17, 15) is 28.8 Å². The molecule has 2 aliphatic heterocycles. The number of nitrogens with one attached hydrogen (secondary N) is 2. The van der Waals surface area contributed by atoms with Gasteiger partial charge < -0.3 is 34.2 Å². The summed E-state index contributed by atoms with van der Waals surface area (Å²) in [5.74, 6) is -2.90. The van der Waals surface area contributed by atoms with Crippen molar-refractivity contribution in [3.63, 3.8) is 0 Å². The van der Waals surface area contributed by atoms with Crippen molar-refractivity contribution >= 4 is 40.8 Å². The second-order valence-corrected chi connectivity index (χ2v) is 19.8. The molecule has 68 heavy (non-hydrogen) atoms. The zero-order chi connectivity index (χ0) is 49.4. The average Bonchev–Trinajstić information content (AvgIpc) is 4.05. The number of morpholine rings is 1. The molecule has 14 heteroatoms. The Hall–Kier alpha value is -5.57. The van der Waals surface area contributed by atoms with Gasteiger partial charge in [0.2, 0.25) is 11.8 Å². The van der Waals surface area contributed by atoms with E-state index in [-0.39, 0.29) is 60.9 Å². The number of carbonyl (C=O) groups excluding carboxylic acids is 6. The number of epoxide rings is 1. The topological polar surface area (TPSA) is 179 Å². The van der Waals surface area contributed by atoms with Crippen molar-refractivity contribution < 1.29 is 52.3 Å². The van der Waals surface area contributed by atoms with Gasteiger partial charge in [-0.15, -0.1) is 0 Å². The van der Waals surface area contributed by atoms with Crippen molar-refractivity contribution in [2.24, 2.45) is 28.8 Å². The van der Waals surface area contributed by atoms with E-state index in [4.69, 9.17) is 19.0 Å². The minimum atomic E-state index is -0.935. The van der Waals surface area contributed by atoms with E-state index < -0.39 is 41.4 Å². The van der Waals surface area contributed by atoms with Crippen LogP contribution < -0.4 is 15.4 Å². The second kappa shape index (κ2) is 25.2. The summed E-state index contributed by atoms with van der Waals surface area (Å²) in [6.45, 7) is 15.7. The SMILES string of the molecule is CO/N=C(/C)c1cc(C[N+]2(CC(=O)C[C@@H](CCc3ccccc3)C(=O)N[C@@H](CC(C)C)C(=O)C[C@@H](Cc3ccccc3)C(=O)N[C@@H](CC(C)C)C(=O)[C@@]3(C)CO3)CCOCC2)ccc1OC(C)=O. The van der Waals surface area contributed by atoms with Crippen molar-refractivity contribution in [2.75, 3.05) is 46.6 Å². The van der Waals surface area contributed by atoms with E-state index in [1.54, 1.807) is 19.9 Å². The van der Waals surface area contributed by atoms with Crippen LogP contribution in [0.25, 0.3) is 0 Å². The number of Topliss-reactive ketones (excluding diaryl/α,β-unsaturated/α-hetero) is 3. The third-order valence-corrected chi connectivity index (χ3v) is 12.8. The van der Waals surface area contributed by atoms with Gasteiger partial charge in [0.05, 0.1) is 37.6 Å². The Morgan fingerprint density at radius 2 is 1.35 bits per heavy atom. The minimum Gasteiger partial charge on any atom is -0.426 e. The molecular formula is C54H73N4O10+. The molecule has 2 saturated heterocycles. The lowest BCUT2D eigenvalue weighted by atomic mass is 9.87. The molecule has 2 N–H and O–H groups in total. The molecule has 0 radical (unpaired) electrons. The average molecular weight is 938 g/mol. The summed E-state index contributed by atoms with van der Waals surface area (Å²) < 4.78 is 17.1. The van der Waals surface area contributed by atoms with Crippen LogP contribution in [0.2, 0.25) is 0 Å². The number of rotatable bonds is 27. The molecule has 0 spiro atoms. The summed E-state index contributed by atoms with van der Waals surface area (Å²) in [5.41, 5.74) is 2.97. The van der Waals surface area contributed by atoms with E-state index in [1.165, 1.54) is 14.0 Å². The van der Waals surface area contributed by atoms with Gasteiger partial charge in [-0.3, -0.25) is 28.8 Å². The summed E-state index contributed by atoms with van der Waals surface area (Å²) >= 11 is 0. The maximum absolute atomic E-state index is 14.6. The predicted octanol–water partition coefficient (Wildman–Crippen LogP) is 6.78. The largest absolute Gasteiger partial charge is 0.426 e. The first kappa shape index (κ1) is 53.4. The highest BCUT2D eigenvalue weighted by Crippen LogP contribution is 2.31. The van der Waals surface area contributed by atoms with Gasteiger partial charge in [0, 0.05) is 42.7 Å². The number of carbonyl (C=O) groups is 6. The number of hydrogen-bond donors (Lipinski definition) is 2. The highest BCUT2D eigenvalue weighted by atomic mass is 16.6. The molecule has 0 bridgehead atoms. The number of nitrogens with zero attached hydrogens (tertiary/aromatic N) is 2. The molecule has 3 aromatic carbocycles. The molecule has 2 amide bonds. The third-order valence-electron chi connectivity index (χ3n) is 12.8. The molecule has 5 rings (SSSR count). The molecular weight excluding hydrogens is 865 g/mol. The number of aryl methyl sites for hydroxylation is 1. The molecule has 5 atom stereocenters. The Labute approximate surface area is 402 Å². The van der Waals surface area contributed by atoms with Crippen molar-refractivity contribution in [1.29, 1.82) is 0 Å². The number of esters is 1. The Balaban J connectivity index is 1.38. The molecule has 3 aromatic rings. The summed E-state index contributed by atoms with van der Waals surface area (Å²) in [5, 5.41) is 10.2. The molecule has 0 unspecified atom stereocenters. The van der Waals surface area contributed by atoms with Crippen LogP contribution in [0.15, 0.2) is 84.0 Å². The zero-order valence-corrected chi connectivity index (χ0v) is 41.3. The standard InChI is InChI=1S/C54H72N4O10/c1-36(2)27-47(49(61)32-44(29-41-17-13-10-14-18-41)53(64)56-48(28-37(3)4)51(62)54(7)35-67-54)55-52(63)43(21-19-40-15-11-9-12-16-40)31-45(60)34-58(23-25-66-26-24-58)33-42-20-22-50(68-39(6)59)46(30-42)38(5)57-65-8/h9-18,20,22,30,36-37,43-44,47-48H,19,21,23-29,31-35H2,1-8H3,(H-,55,56,63,64)/p+1/b57-38-/t43-,44-,47+,48+,54-/m1/s1. The van der Waals surface area contributed by atoms with E-state index >= 15 is 0 Å². The Morgan fingerprint density at radius 1 is 0.765 bits per heavy atom. The molecule has 2 fully saturated rings. The van der Waals surface area contributed by atoms with E-state index in [0.29, 0.717) is 86.6 Å².